The van der Waals surface area contributed by atoms with Gasteiger partial charge in [-0.25, -0.2) is 4.79 Å². The number of amides is 3. The summed E-state index contributed by atoms with van der Waals surface area (Å²) < 4.78 is 6.06. The molecule has 3 amide bonds. The lowest BCUT2D eigenvalue weighted by Gasteiger charge is -2.21. The number of halogens is 1. The first-order chi connectivity index (χ1) is 11.9. The van der Waals surface area contributed by atoms with E-state index in [0.29, 0.717) is 11.3 Å². The van der Waals surface area contributed by atoms with E-state index >= 15 is 0 Å². The fourth-order valence-corrected chi connectivity index (χ4v) is 2.79. The number of imide groups is 1. The third-order valence-corrected chi connectivity index (χ3v) is 4.56. The van der Waals surface area contributed by atoms with Gasteiger partial charge in [-0.15, -0.1) is 5.01 Å². The minimum Gasteiger partial charge on any atom is -0.497 e. The van der Waals surface area contributed by atoms with E-state index in [1.807, 2.05) is 24.3 Å². The number of nitrogens with zero attached hydrogens (tertiary/aromatic N) is 2. The second-order valence-corrected chi connectivity index (χ2v) is 6.61. The van der Waals surface area contributed by atoms with Crippen molar-refractivity contribution in [2.45, 2.75) is 12.5 Å². The van der Waals surface area contributed by atoms with Gasteiger partial charge in [0.15, 0.2) is 0 Å². The van der Waals surface area contributed by atoms with Gasteiger partial charge in [0.05, 0.1) is 13.3 Å². The van der Waals surface area contributed by atoms with Crippen LogP contribution in [-0.2, 0) is 10.3 Å². The maximum absolute atomic E-state index is 12.8. The summed E-state index contributed by atoms with van der Waals surface area (Å²) in [5.74, 6) is 0.241. The van der Waals surface area contributed by atoms with E-state index in [-0.39, 0.29) is 0 Å². The molecule has 0 unspecified atom stereocenters. The Morgan fingerprint density at radius 3 is 2.36 bits per heavy atom. The predicted molar refractivity (Wildman–Crippen MR) is 97.5 cm³/mol. The number of methoxy groups -OCH3 is 1. The molecule has 1 heterocycles. The molecule has 1 aliphatic heterocycles. The number of carbonyl (C=O) groups excluding carboxylic acids is 2. The highest BCUT2D eigenvalue weighted by Crippen LogP contribution is 2.30. The van der Waals surface area contributed by atoms with Gasteiger partial charge in [0.1, 0.15) is 11.3 Å². The lowest BCUT2D eigenvalue weighted by Crippen LogP contribution is -2.40. The molecule has 1 N–H and O–H groups in total. The van der Waals surface area contributed by atoms with Gasteiger partial charge in [0.2, 0.25) is 0 Å². The van der Waals surface area contributed by atoms with Crippen molar-refractivity contribution in [3.8, 4) is 5.75 Å². The minimum absolute atomic E-state index is 0.434. The molecular weight excluding hydrogens is 386 g/mol. The summed E-state index contributed by atoms with van der Waals surface area (Å²) in [5, 5.41) is 7.60. The zero-order chi connectivity index (χ0) is 18.0. The summed E-state index contributed by atoms with van der Waals surface area (Å²) in [4.78, 5) is 25.0. The van der Waals surface area contributed by atoms with Gasteiger partial charge in [-0.05, 0) is 42.3 Å². The summed E-state index contributed by atoms with van der Waals surface area (Å²) in [6.07, 6.45) is 1.48. The molecule has 0 saturated carbocycles. The van der Waals surface area contributed by atoms with E-state index in [1.165, 1.54) is 6.21 Å². The van der Waals surface area contributed by atoms with Crippen molar-refractivity contribution in [1.29, 1.82) is 0 Å². The Bertz CT molecular complexity index is 834. The van der Waals surface area contributed by atoms with Crippen LogP contribution >= 0.6 is 15.9 Å². The molecule has 0 radical (unpaired) electrons. The highest BCUT2D eigenvalue weighted by atomic mass is 79.9. The molecule has 6 nitrogen and oxygen atoms in total. The number of benzene rings is 2. The van der Waals surface area contributed by atoms with Crippen LogP contribution in [0.15, 0.2) is 58.1 Å². The molecule has 7 heteroatoms. The Labute approximate surface area is 153 Å². The Morgan fingerprint density at radius 1 is 1.12 bits per heavy atom. The summed E-state index contributed by atoms with van der Waals surface area (Å²) in [6.45, 7) is 1.66. The summed E-state index contributed by atoms with van der Waals surface area (Å²) in [5.41, 5.74) is 0.273. The van der Waals surface area contributed by atoms with Gasteiger partial charge >= 0.3 is 6.03 Å². The van der Waals surface area contributed by atoms with Crippen LogP contribution in [0, 0.1) is 0 Å². The van der Waals surface area contributed by atoms with Crippen molar-refractivity contribution in [2.24, 2.45) is 5.10 Å². The number of hydrazone groups is 1. The van der Waals surface area contributed by atoms with Gasteiger partial charge in [-0.1, -0.05) is 40.2 Å². The average Bonchev–Trinajstić information content (AvgIpc) is 2.84. The Morgan fingerprint density at radius 2 is 1.76 bits per heavy atom. The quantitative estimate of drug-likeness (QED) is 0.631. The SMILES string of the molecule is COc1ccc([C@]2(C)NC(=O)N(/N=C\c3ccc(Br)cc3)C2=O)cc1. The highest BCUT2D eigenvalue weighted by molar-refractivity contribution is 9.10. The Hall–Kier alpha value is -2.67. The fraction of sp³-hybridized carbons (Fsp3) is 0.167. The molecule has 128 valence electrons. The van der Waals surface area contributed by atoms with Crippen LogP contribution in [0.3, 0.4) is 0 Å². The van der Waals surface area contributed by atoms with E-state index in [0.717, 1.165) is 15.0 Å². The number of ether oxygens (including phenoxy) is 1. The molecule has 2 aromatic rings. The zero-order valence-corrected chi connectivity index (χ0v) is 15.3. The molecular formula is C18H16BrN3O3. The molecule has 1 atom stereocenters. The van der Waals surface area contributed by atoms with E-state index in [2.05, 4.69) is 26.3 Å². The van der Waals surface area contributed by atoms with E-state index in [1.54, 1.807) is 38.3 Å². The smallest absolute Gasteiger partial charge is 0.346 e. The standard InChI is InChI=1S/C18H16BrN3O3/c1-18(13-5-9-15(25-2)10-6-13)16(23)22(17(24)21-18)20-11-12-3-7-14(19)8-4-12/h3-11H,1-2H3,(H,21,24)/b20-11-/t18-/m0/s1. The number of urea groups is 1. The maximum Gasteiger partial charge on any atom is 0.346 e. The maximum atomic E-state index is 12.8. The van der Waals surface area contributed by atoms with Crippen molar-refractivity contribution in [1.82, 2.24) is 10.3 Å². The van der Waals surface area contributed by atoms with Crippen molar-refractivity contribution >= 4 is 34.1 Å². The highest BCUT2D eigenvalue weighted by Gasteiger charge is 2.49. The Balaban J connectivity index is 1.84. The van der Waals surface area contributed by atoms with Gasteiger partial charge < -0.3 is 10.1 Å². The van der Waals surface area contributed by atoms with Crippen molar-refractivity contribution < 1.29 is 14.3 Å². The lowest BCUT2D eigenvalue weighted by molar-refractivity contribution is -0.131. The molecule has 0 aliphatic carbocycles. The first-order valence-corrected chi connectivity index (χ1v) is 8.34. The van der Waals surface area contributed by atoms with Crippen LogP contribution in [0.25, 0.3) is 0 Å². The molecule has 1 aliphatic rings. The molecule has 3 rings (SSSR count). The zero-order valence-electron chi connectivity index (χ0n) is 13.7. The summed E-state index contributed by atoms with van der Waals surface area (Å²) in [6, 6.07) is 13.8. The third kappa shape index (κ3) is 3.28. The van der Waals surface area contributed by atoms with Gasteiger partial charge in [-0.2, -0.15) is 5.10 Å². The van der Waals surface area contributed by atoms with Crippen molar-refractivity contribution in [2.75, 3.05) is 7.11 Å². The van der Waals surface area contributed by atoms with E-state index in [4.69, 9.17) is 4.74 Å². The summed E-state index contributed by atoms with van der Waals surface area (Å²) >= 11 is 3.35. The van der Waals surface area contributed by atoms with Crippen LogP contribution in [0.5, 0.6) is 5.75 Å². The first-order valence-electron chi connectivity index (χ1n) is 7.55. The number of carbonyl (C=O) groups is 2. The van der Waals surface area contributed by atoms with Gasteiger partial charge in [0, 0.05) is 4.47 Å². The molecule has 0 aromatic heterocycles. The van der Waals surface area contributed by atoms with Crippen LogP contribution in [-0.4, -0.2) is 30.3 Å². The number of hydrogen-bond acceptors (Lipinski definition) is 4. The molecule has 0 bridgehead atoms. The molecule has 1 fully saturated rings. The summed E-state index contributed by atoms with van der Waals surface area (Å²) in [7, 11) is 1.57. The second kappa shape index (κ2) is 6.68. The molecule has 1 saturated heterocycles. The minimum atomic E-state index is -1.17. The largest absolute Gasteiger partial charge is 0.497 e. The van der Waals surface area contributed by atoms with E-state index in [9.17, 15) is 9.59 Å². The van der Waals surface area contributed by atoms with Crippen LogP contribution < -0.4 is 10.1 Å². The number of nitrogens with one attached hydrogen (secondary N) is 1. The first kappa shape index (κ1) is 17.2. The van der Waals surface area contributed by atoms with Crippen LogP contribution in [0.1, 0.15) is 18.1 Å². The fourth-order valence-electron chi connectivity index (χ4n) is 2.52. The van der Waals surface area contributed by atoms with Crippen molar-refractivity contribution in [3.05, 3.63) is 64.1 Å². The monoisotopic (exact) mass is 401 g/mol. The number of hydrogen-bond donors (Lipinski definition) is 1. The van der Waals surface area contributed by atoms with Crippen molar-refractivity contribution in [3.63, 3.8) is 0 Å². The van der Waals surface area contributed by atoms with Gasteiger partial charge in [-0.3, -0.25) is 4.79 Å². The topological polar surface area (TPSA) is 71.0 Å². The molecule has 2 aromatic carbocycles. The van der Waals surface area contributed by atoms with E-state index < -0.39 is 17.5 Å². The second-order valence-electron chi connectivity index (χ2n) is 5.70. The van der Waals surface area contributed by atoms with Gasteiger partial charge in [0.25, 0.3) is 5.91 Å². The molecule has 25 heavy (non-hydrogen) atoms. The third-order valence-electron chi connectivity index (χ3n) is 4.03. The number of rotatable bonds is 4. The average molecular weight is 402 g/mol. The van der Waals surface area contributed by atoms with Crippen LogP contribution in [0.4, 0.5) is 4.79 Å². The normalized spacial score (nSPS) is 20.2. The molecule has 0 spiro atoms. The van der Waals surface area contributed by atoms with Crippen LogP contribution in [0.2, 0.25) is 0 Å². The predicted octanol–water partition coefficient (Wildman–Crippen LogP) is 3.26. The lowest BCUT2D eigenvalue weighted by atomic mass is 9.92. The Kier molecular flexibility index (Phi) is 4.59.